The number of aromatic nitrogens is 3. The maximum Gasteiger partial charge on any atom is 0.316 e. The summed E-state index contributed by atoms with van der Waals surface area (Å²) in [7, 11) is 0. The zero-order valence-electron chi connectivity index (χ0n) is 11.6. The second-order valence-electron chi connectivity index (χ2n) is 5.70. The molecule has 6 heteroatoms. The molecule has 1 unspecified atom stereocenters. The van der Waals surface area contributed by atoms with E-state index in [-0.39, 0.29) is 6.04 Å². The minimum Gasteiger partial charge on any atom is -0.408 e. The molecule has 0 aromatic carbocycles. The van der Waals surface area contributed by atoms with Crippen LogP contribution in [0.3, 0.4) is 0 Å². The Bertz CT molecular complexity index is 616. The van der Waals surface area contributed by atoms with Crippen LogP contribution in [-0.4, -0.2) is 15.2 Å². The first-order valence-electron chi connectivity index (χ1n) is 7.36. The van der Waals surface area contributed by atoms with Crippen LogP contribution in [0.2, 0.25) is 0 Å². The van der Waals surface area contributed by atoms with E-state index < -0.39 is 0 Å². The van der Waals surface area contributed by atoms with Crippen LogP contribution in [0.5, 0.6) is 0 Å². The highest BCUT2D eigenvalue weighted by molar-refractivity contribution is 7.11. The summed E-state index contributed by atoms with van der Waals surface area (Å²) in [4.78, 5) is 6.07. The largest absolute Gasteiger partial charge is 0.408 e. The summed E-state index contributed by atoms with van der Waals surface area (Å²) in [6.07, 6.45) is 7.06. The summed E-state index contributed by atoms with van der Waals surface area (Å²) in [5, 5.41) is 12.8. The number of fused-ring (bicyclic) bond motifs is 1. The molecule has 2 aromatic heterocycles. The van der Waals surface area contributed by atoms with Crippen LogP contribution in [0.15, 0.2) is 4.42 Å². The molecule has 0 amide bonds. The van der Waals surface area contributed by atoms with Crippen molar-refractivity contribution in [3.05, 3.63) is 21.5 Å². The fourth-order valence-electron chi connectivity index (χ4n) is 2.94. The molecular formula is C14H18N4OS. The van der Waals surface area contributed by atoms with Crippen molar-refractivity contribution >= 4 is 17.4 Å². The zero-order chi connectivity index (χ0) is 13.5. The fraction of sp³-hybridized carbons (Fsp3) is 0.643. The molecule has 2 heterocycles. The lowest BCUT2D eigenvalue weighted by molar-refractivity contribution is 0.337. The second-order valence-corrected chi connectivity index (χ2v) is 6.99. The molecule has 1 atom stereocenters. The second kappa shape index (κ2) is 4.84. The van der Waals surface area contributed by atoms with Gasteiger partial charge < -0.3 is 9.73 Å². The highest BCUT2D eigenvalue weighted by Gasteiger charge is 2.28. The maximum atomic E-state index is 5.75. The molecule has 0 spiro atoms. The number of hydrogen-bond donors (Lipinski definition) is 1. The van der Waals surface area contributed by atoms with Gasteiger partial charge in [-0.05, 0) is 39.0 Å². The van der Waals surface area contributed by atoms with Gasteiger partial charge in [0.05, 0.1) is 16.7 Å². The number of rotatable bonds is 3. The summed E-state index contributed by atoms with van der Waals surface area (Å²) < 4.78 is 5.75. The van der Waals surface area contributed by atoms with Crippen molar-refractivity contribution in [3.63, 3.8) is 0 Å². The molecule has 4 rings (SSSR count). The van der Waals surface area contributed by atoms with E-state index in [2.05, 4.69) is 27.4 Å². The van der Waals surface area contributed by atoms with Gasteiger partial charge in [-0.1, -0.05) is 11.5 Å². The van der Waals surface area contributed by atoms with Gasteiger partial charge >= 0.3 is 6.01 Å². The summed E-state index contributed by atoms with van der Waals surface area (Å²) in [6, 6.07) is 0.772. The van der Waals surface area contributed by atoms with E-state index in [0.717, 1.165) is 23.7 Å². The minimum atomic E-state index is 0.221. The molecule has 2 aliphatic carbocycles. The molecule has 2 aliphatic rings. The first-order chi connectivity index (χ1) is 9.79. The number of thiazole rings is 1. The molecule has 0 radical (unpaired) electrons. The summed E-state index contributed by atoms with van der Waals surface area (Å²) in [5.74, 6) is 1.28. The average molecular weight is 290 g/mol. The lowest BCUT2D eigenvalue weighted by atomic mass is 9.85. The molecule has 106 valence electrons. The van der Waals surface area contributed by atoms with Crippen molar-refractivity contribution < 1.29 is 4.42 Å². The quantitative estimate of drug-likeness (QED) is 0.935. The summed E-state index contributed by atoms with van der Waals surface area (Å²) in [5.41, 5.74) is 1.18. The van der Waals surface area contributed by atoms with Crippen LogP contribution in [-0.2, 0) is 6.42 Å². The van der Waals surface area contributed by atoms with Crippen molar-refractivity contribution in [2.24, 2.45) is 0 Å². The van der Waals surface area contributed by atoms with Gasteiger partial charge in [0, 0.05) is 10.8 Å². The van der Waals surface area contributed by atoms with E-state index in [9.17, 15) is 0 Å². The third kappa shape index (κ3) is 2.12. The molecule has 0 aliphatic heterocycles. The van der Waals surface area contributed by atoms with E-state index in [1.807, 2.05) is 11.3 Å². The normalized spacial score (nSPS) is 22.4. The van der Waals surface area contributed by atoms with Crippen molar-refractivity contribution in [3.8, 4) is 0 Å². The van der Waals surface area contributed by atoms with E-state index in [0.29, 0.717) is 11.9 Å². The lowest BCUT2D eigenvalue weighted by Gasteiger charge is -2.22. The van der Waals surface area contributed by atoms with Gasteiger partial charge in [-0.25, -0.2) is 4.98 Å². The Balaban J connectivity index is 1.52. The minimum absolute atomic E-state index is 0.221. The first kappa shape index (κ1) is 12.3. The molecule has 0 saturated heterocycles. The fourth-order valence-corrected chi connectivity index (χ4v) is 3.98. The molecule has 2 aromatic rings. The van der Waals surface area contributed by atoms with Crippen molar-refractivity contribution in [1.82, 2.24) is 15.2 Å². The number of hydrogen-bond acceptors (Lipinski definition) is 6. The van der Waals surface area contributed by atoms with Gasteiger partial charge in [0.2, 0.25) is 5.89 Å². The predicted octanol–water partition coefficient (Wildman–Crippen LogP) is 3.59. The van der Waals surface area contributed by atoms with E-state index in [4.69, 9.17) is 4.42 Å². The Kier molecular flexibility index (Phi) is 2.98. The molecular weight excluding hydrogens is 272 g/mol. The van der Waals surface area contributed by atoms with E-state index in [1.165, 1.54) is 36.3 Å². The SMILES string of the molecule is Cc1nc2c(s1)CCCC2Nc1nnc(C2CCC2)o1. The lowest BCUT2D eigenvalue weighted by Crippen LogP contribution is -2.17. The smallest absolute Gasteiger partial charge is 0.316 e. The van der Waals surface area contributed by atoms with Gasteiger partial charge in [-0.3, -0.25) is 0 Å². The number of aryl methyl sites for hydroxylation is 2. The predicted molar refractivity (Wildman–Crippen MR) is 77.0 cm³/mol. The Morgan fingerprint density at radius 2 is 2.10 bits per heavy atom. The maximum absolute atomic E-state index is 5.75. The Labute approximate surface area is 121 Å². The molecule has 1 fully saturated rings. The van der Waals surface area contributed by atoms with Crippen LogP contribution in [0.25, 0.3) is 0 Å². The van der Waals surface area contributed by atoms with E-state index in [1.54, 1.807) is 0 Å². The molecule has 0 bridgehead atoms. The van der Waals surface area contributed by atoms with Gasteiger partial charge in [0.15, 0.2) is 0 Å². The Morgan fingerprint density at radius 1 is 1.20 bits per heavy atom. The summed E-state index contributed by atoms with van der Waals surface area (Å²) in [6.45, 7) is 2.07. The third-order valence-corrected chi connectivity index (χ3v) is 5.30. The van der Waals surface area contributed by atoms with E-state index >= 15 is 0 Å². The van der Waals surface area contributed by atoms with Crippen molar-refractivity contribution in [1.29, 1.82) is 0 Å². The highest BCUT2D eigenvalue weighted by Crippen LogP contribution is 2.38. The van der Waals surface area contributed by atoms with Crippen LogP contribution < -0.4 is 5.32 Å². The number of nitrogens with one attached hydrogen (secondary N) is 1. The van der Waals surface area contributed by atoms with Crippen LogP contribution in [0, 0.1) is 6.92 Å². The molecule has 5 nitrogen and oxygen atoms in total. The Hall–Kier alpha value is -1.43. The molecule has 1 N–H and O–H groups in total. The summed E-state index contributed by atoms with van der Waals surface area (Å²) >= 11 is 1.81. The van der Waals surface area contributed by atoms with Gasteiger partial charge in [0.1, 0.15) is 0 Å². The number of anilines is 1. The Morgan fingerprint density at radius 3 is 2.90 bits per heavy atom. The molecule has 1 saturated carbocycles. The zero-order valence-corrected chi connectivity index (χ0v) is 12.4. The van der Waals surface area contributed by atoms with Crippen LogP contribution in [0.1, 0.15) is 65.5 Å². The highest BCUT2D eigenvalue weighted by atomic mass is 32.1. The first-order valence-corrected chi connectivity index (χ1v) is 8.17. The monoisotopic (exact) mass is 290 g/mol. The van der Waals surface area contributed by atoms with Gasteiger partial charge in [-0.2, -0.15) is 0 Å². The topological polar surface area (TPSA) is 63.8 Å². The average Bonchev–Trinajstić information content (AvgIpc) is 2.94. The molecule has 20 heavy (non-hydrogen) atoms. The van der Waals surface area contributed by atoms with Crippen molar-refractivity contribution in [2.75, 3.05) is 5.32 Å². The van der Waals surface area contributed by atoms with Crippen LogP contribution in [0.4, 0.5) is 6.01 Å². The number of nitrogens with zero attached hydrogens (tertiary/aromatic N) is 3. The standard InChI is InChI=1S/C14H18N4OS/c1-8-15-12-10(6-3-7-11(12)20-8)16-14-18-17-13(19-14)9-4-2-5-9/h9-10H,2-7H2,1H3,(H,16,18). The van der Waals surface area contributed by atoms with Gasteiger partial charge in [0.25, 0.3) is 0 Å². The van der Waals surface area contributed by atoms with Crippen molar-refractivity contribution in [2.45, 2.75) is 57.4 Å². The van der Waals surface area contributed by atoms with Crippen LogP contribution >= 0.6 is 11.3 Å². The third-order valence-electron chi connectivity index (χ3n) is 4.25. The van der Waals surface area contributed by atoms with Gasteiger partial charge in [-0.15, -0.1) is 16.4 Å².